The van der Waals surface area contributed by atoms with Gasteiger partial charge in [-0.15, -0.1) is 0 Å². The van der Waals surface area contributed by atoms with Gasteiger partial charge in [-0.3, -0.25) is 19.3 Å². The molecule has 4 atom stereocenters. The van der Waals surface area contributed by atoms with E-state index in [1.165, 1.54) is 4.90 Å². The van der Waals surface area contributed by atoms with Crippen LogP contribution in [0.5, 0.6) is 5.75 Å². The summed E-state index contributed by atoms with van der Waals surface area (Å²) in [6.07, 6.45) is 2.41. The van der Waals surface area contributed by atoms with E-state index in [0.717, 1.165) is 10.5 Å². The number of methoxy groups -OCH3 is 1. The quantitative estimate of drug-likeness (QED) is 0.376. The second kappa shape index (κ2) is 7.89. The van der Waals surface area contributed by atoms with Gasteiger partial charge in [0, 0.05) is 24.4 Å². The van der Waals surface area contributed by atoms with Gasteiger partial charge in [-0.1, -0.05) is 5.57 Å². The molecule has 5 heterocycles. The van der Waals surface area contributed by atoms with Crippen molar-refractivity contribution in [1.82, 2.24) is 14.4 Å². The number of aliphatic hydroxyl groups is 1. The number of rotatable bonds is 2. The Bertz CT molecular complexity index is 1390. The molecule has 6 rings (SSSR count). The Kier molecular flexibility index (Phi) is 5.15. The number of fused-ring (bicyclic) bond motifs is 6. The van der Waals surface area contributed by atoms with Crippen LogP contribution in [0.4, 0.5) is 0 Å². The molecule has 10 nitrogen and oxygen atoms in total. The van der Waals surface area contributed by atoms with Crippen LogP contribution in [-0.2, 0) is 19.4 Å². The number of ketones is 1. The average molecular weight is 510 g/mol. The van der Waals surface area contributed by atoms with Gasteiger partial charge in [0.05, 0.1) is 29.9 Å². The van der Waals surface area contributed by atoms with Crippen LogP contribution in [0.2, 0.25) is 0 Å². The molecular formula is C27H31N3O7. The summed E-state index contributed by atoms with van der Waals surface area (Å²) < 4.78 is 7.30. The van der Waals surface area contributed by atoms with Crippen molar-refractivity contribution in [3.05, 3.63) is 41.1 Å². The summed E-state index contributed by atoms with van der Waals surface area (Å²) in [6.45, 7) is 7.83. The number of allylic oxidation sites excluding steroid dienone is 1. The van der Waals surface area contributed by atoms with Gasteiger partial charge in [-0.2, -0.15) is 0 Å². The first kappa shape index (κ1) is 24.1. The summed E-state index contributed by atoms with van der Waals surface area (Å²) in [5, 5.41) is 12.5. The number of Topliss-reactive ketones (excluding diaryl/α,β-unsaturated/α-hetero) is 1. The molecule has 2 aromatic rings. The maximum atomic E-state index is 14.2. The summed E-state index contributed by atoms with van der Waals surface area (Å²) in [5.74, 6) is -1.40. The summed E-state index contributed by atoms with van der Waals surface area (Å²) in [4.78, 5) is 56.3. The van der Waals surface area contributed by atoms with E-state index in [1.54, 1.807) is 25.3 Å². The van der Waals surface area contributed by atoms with Gasteiger partial charge < -0.3 is 19.3 Å². The van der Waals surface area contributed by atoms with Crippen molar-refractivity contribution in [1.29, 1.82) is 0 Å². The first-order chi connectivity index (χ1) is 17.5. The van der Waals surface area contributed by atoms with Crippen LogP contribution in [0.3, 0.4) is 0 Å². The van der Waals surface area contributed by atoms with Crippen LogP contribution in [0.25, 0.3) is 10.9 Å². The summed E-state index contributed by atoms with van der Waals surface area (Å²) >= 11 is 0. The van der Waals surface area contributed by atoms with Crippen molar-refractivity contribution in [2.45, 2.75) is 76.6 Å². The van der Waals surface area contributed by atoms with Crippen molar-refractivity contribution in [3.63, 3.8) is 0 Å². The van der Waals surface area contributed by atoms with Crippen LogP contribution >= 0.6 is 0 Å². The average Bonchev–Trinajstić information content (AvgIpc) is 3.46. The highest BCUT2D eigenvalue weighted by molar-refractivity contribution is 6.25. The maximum Gasteiger partial charge on any atom is 0.287 e. The number of aromatic nitrogens is 1. The van der Waals surface area contributed by atoms with Crippen LogP contribution < -0.4 is 4.74 Å². The van der Waals surface area contributed by atoms with Gasteiger partial charge in [0.15, 0.2) is 6.23 Å². The first-order valence-corrected chi connectivity index (χ1v) is 12.6. The minimum absolute atomic E-state index is 0.191. The molecule has 4 aliphatic heterocycles. The van der Waals surface area contributed by atoms with Crippen molar-refractivity contribution >= 4 is 28.5 Å². The molecule has 2 saturated heterocycles. The molecule has 10 heteroatoms. The molecule has 37 heavy (non-hydrogen) atoms. The number of nitrogens with zero attached hydrogens (tertiary/aromatic N) is 3. The Morgan fingerprint density at radius 2 is 1.95 bits per heavy atom. The third-order valence-electron chi connectivity index (χ3n) is 7.89. The predicted octanol–water partition coefficient (Wildman–Crippen LogP) is 3.00. The summed E-state index contributed by atoms with van der Waals surface area (Å²) in [5.41, 5.74) is -1.24. The summed E-state index contributed by atoms with van der Waals surface area (Å²) in [6, 6.07) is 3.74. The lowest BCUT2D eigenvalue weighted by atomic mass is 9.80. The van der Waals surface area contributed by atoms with E-state index in [2.05, 4.69) is 0 Å². The second-order valence-corrected chi connectivity index (χ2v) is 11.2. The first-order valence-electron chi connectivity index (χ1n) is 12.6. The zero-order valence-electron chi connectivity index (χ0n) is 21.6. The highest BCUT2D eigenvalue weighted by Gasteiger charge is 2.67. The molecule has 1 N–H and O–H groups in total. The largest absolute Gasteiger partial charge is 0.497 e. The number of benzene rings is 1. The molecule has 1 aromatic carbocycles. The lowest BCUT2D eigenvalue weighted by Crippen LogP contribution is -2.75. The Morgan fingerprint density at radius 1 is 1.19 bits per heavy atom. The monoisotopic (exact) mass is 509 g/mol. The molecule has 2 amide bonds. The number of ether oxygens (including phenoxy) is 1. The lowest BCUT2D eigenvalue weighted by Gasteiger charge is -2.53. The van der Waals surface area contributed by atoms with Gasteiger partial charge in [0.1, 0.15) is 17.4 Å². The molecule has 4 unspecified atom stereocenters. The Morgan fingerprint density at radius 3 is 2.65 bits per heavy atom. The van der Waals surface area contributed by atoms with E-state index in [4.69, 9.17) is 14.5 Å². The molecule has 0 spiro atoms. The van der Waals surface area contributed by atoms with Gasteiger partial charge in [0.25, 0.3) is 11.6 Å². The molecular weight excluding hydrogens is 478 g/mol. The van der Waals surface area contributed by atoms with Gasteiger partial charge >= 0.3 is 0 Å². The van der Waals surface area contributed by atoms with Crippen molar-refractivity contribution < 1.29 is 34.0 Å². The van der Waals surface area contributed by atoms with E-state index in [1.807, 2.05) is 38.3 Å². The molecule has 0 bridgehead atoms. The zero-order valence-corrected chi connectivity index (χ0v) is 21.6. The fraction of sp³-hybridized carbons (Fsp3) is 0.519. The Hall–Kier alpha value is -3.21. The van der Waals surface area contributed by atoms with Crippen LogP contribution in [0.15, 0.2) is 29.8 Å². The number of amides is 2. The van der Waals surface area contributed by atoms with E-state index >= 15 is 0 Å². The molecule has 0 aliphatic carbocycles. The Labute approximate surface area is 214 Å². The Balaban J connectivity index is 1.72. The predicted molar refractivity (Wildman–Crippen MR) is 131 cm³/mol. The van der Waals surface area contributed by atoms with Crippen molar-refractivity contribution in [2.75, 3.05) is 13.7 Å². The molecule has 4 aliphatic rings. The molecule has 0 saturated carbocycles. The van der Waals surface area contributed by atoms with Gasteiger partial charge in [-0.25, -0.2) is 9.78 Å². The van der Waals surface area contributed by atoms with Gasteiger partial charge in [0.2, 0.25) is 11.7 Å². The van der Waals surface area contributed by atoms with E-state index < -0.39 is 47.2 Å². The SMILES string of the molecule is COc1ccc2c3c4n(c2c1)C(C=C(C)C)OOC(C)(C)CC4N1C(=O)C2CCCN2C(=O)C1(O)C3=O. The van der Waals surface area contributed by atoms with E-state index in [0.29, 0.717) is 41.7 Å². The molecule has 2 fully saturated rings. The van der Waals surface area contributed by atoms with Gasteiger partial charge in [-0.05, 0) is 58.7 Å². The normalized spacial score (nSPS) is 30.4. The van der Waals surface area contributed by atoms with Crippen molar-refractivity contribution in [3.8, 4) is 5.75 Å². The van der Waals surface area contributed by atoms with Crippen LogP contribution in [0, 0.1) is 0 Å². The van der Waals surface area contributed by atoms with Crippen LogP contribution in [-0.4, -0.2) is 68.1 Å². The molecule has 0 radical (unpaired) electrons. The minimum Gasteiger partial charge on any atom is -0.497 e. The third-order valence-corrected chi connectivity index (χ3v) is 7.89. The fourth-order valence-electron chi connectivity index (χ4n) is 6.35. The second-order valence-electron chi connectivity index (χ2n) is 11.2. The lowest BCUT2D eigenvalue weighted by molar-refractivity contribution is -0.389. The summed E-state index contributed by atoms with van der Waals surface area (Å²) in [7, 11) is 1.55. The zero-order chi connectivity index (χ0) is 26.4. The minimum atomic E-state index is -2.63. The highest BCUT2D eigenvalue weighted by Crippen LogP contribution is 2.52. The maximum absolute atomic E-state index is 14.2. The topological polar surface area (TPSA) is 111 Å². The smallest absolute Gasteiger partial charge is 0.287 e. The molecule has 196 valence electrons. The fourth-order valence-corrected chi connectivity index (χ4v) is 6.35. The van der Waals surface area contributed by atoms with Crippen LogP contribution in [0.1, 0.15) is 75.3 Å². The van der Waals surface area contributed by atoms with E-state index in [9.17, 15) is 19.5 Å². The number of carbonyl (C=O) groups excluding carboxylic acids is 3. The number of hydrogen-bond donors (Lipinski definition) is 1. The van der Waals surface area contributed by atoms with Crippen molar-refractivity contribution in [2.24, 2.45) is 0 Å². The number of carbonyl (C=O) groups is 3. The standard InChI is InChI=1S/C27H31N3O7/c1-14(2)11-20-29-18-12-15(35-5)8-9-16(18)21-22(29)19(13-26(3,4)37-36-20)30-24(32)17-7-6-10-28(17)25(33)27(30,34)23(21)31/h8-9,11-12,17,19-20,34H,6-7,10,13H2,1-5H3. The number of hydrogen-bond acceptors (Lipinski definition) is 7. The number of piperazine rings is 1. The third kappa shape index (κ3) is 3.19. The van der Waals surface area contributed by atoms with E-state index in [-0.39, 0.29) is 12.0 Å². The highest BCUT2D eigenvalue weighted by atomic mass is 17.2. The molecule has 1 aromatic heterocycles.